The molecule has 2 aromatic carbocycles. The molecule has 0 aliphatic carbocycles. The zero-order chi connectivity index (χ0) is 29.0. The van der Waals surface area contributed by atoms with E-state index in [1.54, 1.807) is 68.6 Å². The zero-order valence-corrected chi connectivity index (χ0v) is 23.2. The molecule has 4 aromatic rings. The second kappa shape index (κ2) is 11.5. The van der Waals surface area contributed by atoms with Crippen molar-refractivity contribution in [3.05, 3.63) is 89.4 Å². The number of nitrogen functional groups attached to an aromatic ring is 1. The van der Waals surface area contributed by atoms with Crippen LogP contribution in [0.2, 0.25) is 0 Å². The van der Waals surface area contributed by atoms with Crippen LogP contribution in [-0.4, -0.2) is 50.1 Å². The first-order valence-corrected chi connectivity index (χ1v) is 14.0. The fourth-order valence-corrected chi connectivity index (χ4v) is 5.23. The van der Waals surface area contributed by atoms with E-state index in [2.05, 4.69) is 24.5 Å². The van der Waals surface area contributed by atoms with Gasteiger partial charge >= 0.3 is 5.97 Å². The highest BCUT2D eigenvalue weighted by Crippen LogP contribution is 2.28. The Balaban J connectivity index is 1.61. The summed E-state index contributed by atoms with van der Waals surface area (Å²) < 4.78 is 23.6. The van der Waals surface area contributed by atoms with E-state index in [1.807, 2.05) is 0 Å². The lowest BCUT2D eigenvalue weighted by Gasteiger charge is -2.10. The zero-order valence-electron chi connectivity index (χ0n) is 22.4. The molecule has 1 unspecified atom stereocenters. The quantitative estimate of drug-likeness (QED) is 0.324. The molecule has 0 aliphatic rings. The van der Waals surface area contributed by atoms with E-state index in [9.17, 15) is 18.6 Å². The number of ether oxygens (including phenoxy) is 1. The number of pyridine rings is 1. The van der Waals surface area contributed by atoms with Crippen LogP contribution in [0.5, 0.6) is 0 Å². The molecular weight excluding hydrogens is 532 g/mol. The highest BCUT2D eigenvalue weighted by molar-refractivity contribution is 7.93. The van der Waals surface area contributed by atoms with Crippen LogP contribution in [0.1, 0.15) is 32.1 Å². The molecule has 0 saturated carbocycles. The number of amides is 2. The van der Waals surface area contributed by atoms with Crippen LogP contribution in [0.3, 0.4) is 0 Å². The molecule has 2 amide bonds. The number of aryl methyl sites for hydroxylation is 2. The Kier molecular flexibility index (Phi) is 8.10. The van der Waals surface area contributed by atoms with Crippen molar-refractivity contribution in [3.63, 3.8) is 0 Å². The minimum atomic E-state index is -3.15. The summed E-state index contributed by atoms with van der Waals surface area (Å²) in [6.45, 7) is 1.80. The minimum Gasteiger partial charge on any atom is -0.469 e. The third kappa shape index (κ3) is 6.41. The van der Waals surface area contributed by atoms with Crippen LogP contribution in [0.4, 0.5) is 11.5 Å². The normalized spacial score (nSPS) is 12.3. The van der Waals surface area contributed by atoms with E-state index in [0.717, 1.165) is 5.69 Å². The van der Waals surface area contributed by atoms with Gasteiger partial charge in [-0.2, -0.15) is 9.46 Å². The van der Waals surface area contributed by atoms with Gasteiger partial charge in [0.05, 0.1) is 34.5 Å². The molecule has 4 rings (SSSR count). The Hall–Kier alpha value is -4.84. The van der Waals surface area contributed by atoms with Crippen molar-refractivity contribution in [2.24, 2.45) is 11.4 Å². The molecular formula is C28H28N6O5S. The van der Waals surface area contributed by atoms with Gasteiger partial charge in [0.1, 0.15) is 11.5 Å². The molecule has 40 heavy (non-hydrogen) atoms. The number of carbonyl (C=O) groups is 3. The number of aromatic nitrogens is 3. The predicted molar refractivity (Wildman–Crippen MR) is 151 cm³/mol. The average Bonchev–Trinajstić information content (AvgIpc) is 3.26. The van der Waals surface area contributed by atoms with Gasteiger partial charge in [-0.15, -0.1) is 0 Å². The number of rotatable bonds is 7. The van der Waals surface area contributed by atoms with Crippen molar-refractivity contribution in [1.82, 2.24) is 14.8 Å². The van der Waals surface area contributed by atoms with Crippen molar-refractivity contribution < 1.29 is 23.3 Å². The van der Waals surface area contributed by atoms with E-state index in [0.29, 0.717) is 33.0 Å². The van der Waals surface area contributed by atoms with E-state index in [-0.39, 0.29) is 23.7 Å². The lowest BCUT2D eigenvalue weighted by molar-refractivity contribution is -0.139. The summed E-state index contributed by atoms with van der Waals surface area (Å²) in [7, 11) is -0.177. The Morgan fingerprint density at radius 3 is 2.55 bits per heavy atom. The van der Waals surface area contributed by atoms with E-state index in [4.69, 9.17) is 5.73 Å². The second-order valence-electron chi connectivity index (χ2n) is 9.09. The molecule has 2 aromatic heterocycles. The Bertz CT molecular complexity index is 1750. The van der Waals surface area contributed by atoms with Crippen molar-refractivity contribution in [3.8, 4) is 11.1 Å². The molecule has 12 heteroatoms. The Labute approximate surface area is 231 Å². The first kappa shape index (κ1) is 28.2. The molecule has 0 radical (unpaired) electrons. The topological polar surface area (TPSA) is 159 Å². The number of carbonyl (C=O) groups excluding carboxylic acids is 3. The predicted octanol–water partition coefficient (Wildman–Crippen LogP) is 3.64. The maximum atomic E-state index is 13.4. The van der Waals surface area contributed by atoms with Gasteiger partial charge in [0, 0.05) is 35.6 Å². The van der Waals surface area contributed by atoms with Gasteiger partial charge in [0.15, 0.2) is 0 Å². The van der Waals surface area contributed by atoms with Gasteiger partial charge in [0.25, 0.3) is 11.8 Å². The van der Waals surface area contributed by atoms with Crippen LogP contribution in [-0.2, 0) is 32.7 Å². The molecule has 0 saturated heterocycles. The van der Waals surface area contributed by atoms with Gasteiger partial charge in [-0.25, -0.2) is 9.19 Å². The van der Waals surface area contributed by atoms with Crippen LogP contribution in [0, 0.1) is 6.92 Å². The summed E-state index contributed by atoms with van der Waals surface area (Å²) in [4.78, 5) is 41.9. The fraction of sp³-hybridized carbons (Fsp3) is 0.179. The van der Waals surface area contributed by atoms with Gasteiger partial charge in [-0.3, -0.25) is 19.1 Å². The highest BCUT2D eigenvalue weighted by atomic mass is 32.2. The molecule has 0 aliphatic heterocycles. The highest BCUT2D eigenvalue weighted by Gasteiger charge is 2.17. The number of nitrogens with one attached hydrogen (secondary N) is 1. The standard InChI is InChI=1S/C28H28N6O5S/c1-17-11-24(34(2)32-17)28(37)31-21-9-6-8-19(14-21)23-15-20(16-30-26(23)29)27(36)33-40(4,38)22-10-5-7-18(12-22)13-25(35)39-3/h5-12,14-16H,13H2,1-4H3,(H2,29,30)(H,31,37). The maximum absolute atomic E-state index is 13.4. The van der Waals surface area contributed by atoms with Gasteiger partial charge in [-0.1, -0.05) is 24.3 Å². The largest absolute Gasteiger partial charge is 0.469 e. The first-order valence-electron chi connectivity index (χ1n) is 12.1. The molecule has 1 atom stereocenters. The van der Waals surface area contributed by atoms with Gasteiger partial charge < -0.3 is 15.8 Å². The second-order valence-corrected chi connectivity index (χ2v) is 11.3. The third-order valence-corrected chi connectivity index (χ3v) is 7.64. The third-order valence-electron chi connectivity index (χ3n) is 6.00. The number of anilines is 2. The lowest BCUT2D eigenvalue weighted by Crippen LogP contribution is -2.16. The van der Waals surface area contributed by atoms with Crippen LogP contribution >= 0.6 is 0 Å². The number of hydrogen-bond acceptors (Lipinski definition) is 8. The van der Waals surface area contributed by atoms with E-state index >= 15 is 0 Å². The molecule has 3 N–H and O–H groups in total. The SMILES string of the molecule is COC(=O)Cc1cccc(S(C)(=O)=NC(=O)c2cnc(N)c(-c3cccc(NC(=O)c4cc(C)nn4C)c3)c2)c1. The number of methoxy groups -OCH3 is 1. The number of nitrogens with zero attached hydrogens (tertiary/aromatic N) is 4. The monoisotopic (exact) mass is 560 g/mol. The van der Waals surface area contributed by atoms with Gasteiger partial charge in [-0.05, 0) is 54.4 Å². The summed E-state index contributed by atoms with van der Waals surface area (Å²) in [5.74, 6) is -1.35. The van der Waals surface area contributed by atoms with Crippen molar-refractivity contribution >= 4 is 39.0 Å². The van der Waals surface area contributed by atoms with Crippen LogP contribution < -0.4 is 11.1 Å². The molecule has 0 spiro atoms. The maximum Gasteiger partial charge on any atom is 0.309 e. The smallest absolute Gasteiger partial charge is 0.309 e. The number of benzene rings is 2. The van der Waals surface area contributed by atoms with Crippen molar-refractivity contribution in [2.45, 2.75) is 18.2 Å². The summed E-state index contributed by atoms with van der Waals surface area (Å²) in [5, 5.41) is 7.03. The summed E-state index contributed by atoms with van der Waals surface area (Å²) >= 11 is 0. The van der Waals surface area contributed by atoms with Crippen LogP contribution in [0.25, 0.3) is 11.1 Å². The lowest BCUT2D eigenvalue weighted by atomic mass is 10.0. The summed E-state index contributed by atoms with van der Waals surface area (Å²) in [5.41, 5.74) is 9.47. The molecule has 0 fully saturated rings. The Morgan fingerprint density at radius 2 is 1.85 bits per heavy atom. The van der Waals surface area contributed by atoms with E-state index < -0.39 is 21.6 Å². The molecule has 11 nitrogen and oxygen atoms in total. The minimum absolute atomic E-state index is 0.000283. The summed E-state index contributed by atoms with van der Waals surface area (Å²) in [6, 6.07) is 16.6. The van der Waals surface area contributed by atoms with Crippen LogP contribution in [0.15, 0.2) is 76.1 Å². The Morgan fingerprint density at radius 1 is 1.10 bits per heavy atom. The number of nitrogens with two attached hydrogens (primary N) is 1. The fourth-order valence-electron chi connectivity index (χ4n) is 4.00. The van der Waals surface area contributed by atoms with Crippen molar-refractivity contribution in [1.29, 1.82) is 0 Å². The summed E-state index contributed by atoms with van der Waals surface area (Å²) in [6.07, 6.45) is 2.62. The van der Waals surface area contributed by atoms with Crippen molar-refractivity contribution in [2.75, 3.05) is 24.4 Å². The molecule has 0 bridgehead atoms. The van der Waals surface area contributed by atoms with Gasteiger partial charge in [0.2, 0.25) is 0 Å². The average molecular weight is 561 g/mol. The molecule has 2 heterocycles. The van der Waals surface area contributed by atoms with E-state index in [1.165, 1.54) is 30.3 Å². The number of esters is 1. The first-order chi connectivity index (χ1) is 19.0. The molecule has 206 valence electrons. The number of hydrogen-bond donors (Lipinski definition) is 2.